The second-order valence-corrected chi connectivity index (χ2v) is 8.29. The lowest BCUT2D eigenvalue weighted by molar-refractivity contribution is -0.121. The average Bonchev–Trinajstić information content (AvgIpc) is 2.63. The second-order valence-electron chi connectivity index (χ2n) is 8.29. The monoisotopic (exact) mass is 369 g/mol. The van der Waals surface area contributed by atoms with E-state index in [0.29, 0.717) is 6.42 Å². The Bertz CT molecular complexity index is 307. The Hall–Kier alpha value is -0.570. The molecular weight excluding hydrogens is 322 g/mol. The summed E-state index contributed by atoms with van der Waals surface area (Å²) in [6, 6.07) is 0. The van der Waals surface area contributed by atoms with E-state index in [-0.39, 0.29) is 5.91 Å². The van der Waals surface area contributed by atoms with Crippen LogP contribution in [0.4, 0.5) is 0 Å². The van der Waals surface area contributed by atoms with Crippen molar-refractivity contribution in [3.63, 3.8) is 0 Å². The molecule has 1 amide bonds. The van der Waals surface area contributed by atoms with Crippen LogP contribution in [0.5, 0.6) is 0 Å². The molecule has 0 heterocycles. The van der Waals surface area contributed by atoms with Gasteiger partial charge in [0.1, 0.15) is 0 Å². The van der Waals surface area contributed by atoms with Crippen molar-refractivity contribution in [1.82, 2.24) is 5.32 Å². The Kier molecular flexibility index (Phi) is 18.8. The standard InChI is InChI=1S/C23H47NO2/c1-5-6-14-21(2)16-11-12-17-22(3)15-9-7-8-10-18-23(25)24-19-13-20-26-4/h21-22H,5-20H2,1-4H3,(H,24,25). The van der Waals surface area contributed by atoms with Crippen LogP contribution in [0.15, 0.2) is 0 Å². The van der Waals surface area contributed by atoms with Crippen molar-refractivity contribution in [2.45, 2.75) is 111 Å². The predicted octanol–water partition coefficient (Wildman–Crippen LogP) is 6.50. The predicted molar refractivity (Wildman–Crippen MR) is 114 cm³/mol. The van der Waals surface area contributed by atoms with Crippen molar-refractivity contribution in [1.29, 1.82) is 0 Å². The molecule has 0 bridgehead atoms. The van der Waals surface area contributed by atoms with E-state index < -0.39 is 0 Å². The summed E-state index contributed by atoms with van der Waals surface area (Å²) in [6.45, 7) is 8.57. The highest BCUT2D eigenvalue weighted by atomic mass is 16.5. The number of methoxy groups -OCH3 is 1. The number of amides is 1. The molecule has 0 saturated heterocycles. The van der Waals surface area contributed by atoms with Gasteiger partial charge in [-0.25, -0.2) is 0 Å². The lowest BCUT2D eigenvalue weighted by Crippen LogP contribution is -2.24. The molecule has 0 saturated carbocycles. The average molecular weight is 370 g/mol. The minimum absolute atomic E-state index is 0.197. The highest BCUT2D eigenvalue weighted by Crippen LogP contribution is 2.20. The third-order valence-electron chi connectivity index (χ3n) is 5.39. The fourth-order valence-electron chi connectivity index (χ4n) is 3.49. The van der Waals surface area contributed by atoms with Crippen LogP contribution in [0.1, 0.15) is 111 Å². The van der Waals surface area contributed by atoms with E-state index in [0.717, 1.165) is 37.8 Å². The number of hydrogen-bond donors (Lipinski definition) is 1. The molecule has 0 aromatic rings. The van der Waals surface area contributed by atoms with Gasteiger partial charge in [-0.05, 0) is 24.7 Å². The number of hydrogen-bond acceptors (Lipinski definition) is 2. The molecule has 3 heteroatoms. The topological polar surface area (TPSA) is 38.3 Å². The van der Waals surface area contributed by atoms with Crippen LogP contribution in [0.3, 0.4) is 0 Å². The van der Waals surface area contributed by atoms with Gasteiger partial charge in [0.05, 0.1) is 0 Å². The van der Waals surface area contributed by atoms with Gasteiger partial charge < -0.3 is 10.1 Å². The van der Waals surface area contributed by atoms with Gasteiger partial charge in [0, 0.05) is 26.7 Å². The number of ether oxygens (including phenoxy) is 1. The highest BCUT2D eigenvalue weighted by Gasteiger charge is 2.05. The Morgan fingerprint density at radius 1 is 0.808 bits per heavy atom. The maximum Gasteiger partial charge on any atom is 0.219 e. The first kappa shape index (κ1) is 25.4. The van der Waals surface area contributed by atoms with E-state index >= 15 is 0 Å². The summed E-state index contributed by atoms with van der Waals surface area (Å²) in [7, 11) is 1.69. The molecule has 0 radical (unpaired) electrons. The van der Waals surface area contributed by atoms with Crippen molar-refractivity contribution >= 4 is 5.91 Å². The molecule has 3 nitrogen and oxygen atoms in total. The molecule has 1 N–H and O–H groups in total. The Morgan fingerprint density at radius 2 is 1.35 bits per heavy atom. The highest BCUT2D eigenvalue weighted by molar-refractivity contribution is 5.75. The summed E-state index contributed by atoms with van der Waals surface area (Å²) in [5.74, 6) is 1.98. The molecule has 0 aliphatic heterocycles. The first-order valence-corrected chi connectivity index (χ1v) is 11.4. The Morgan fingerprint density at radius 3 is 1.92 bits per heavy atom. The van der Waals surface area contributed by atoms with Gasteiger partial charge in [0.2, 0.25) is 5.91 Å². The second kappa shape index (κ2) is 19.2. The Balaban J connectivity index is 3.35. The zero-order valence-corrected chi connectivity index (χ0v) is 18.3. The van der Waals surface area contributed by atoms with Gasteiger partial charge in [-0.1, -0.05) is 91.4 Å². The number of unbranched alkanes of at least 4 members (excludes halogenated alkanes) is 5. The summed E-state index contributed by atoms with van der Waals surface area (Å²) < 4.78 is 4.97. The quantitative estimate of drug-likeness (QED) is 0.264. The van der Waals surface area contributed by atoms with Gasteiger partial charge in [0.25, 0.3) is 0 Å². The molecule has 0 aromatic carbocycles. The fourth-order valence-corrected chi connectivity index (χ4v) is 3.49. The van der Waals surface area contributed by atoms with E-state index in [4.69, 9.17) is 4.74 Å². The molecule has 2 unspecified atom stereocenters. The van der Waals surface area contributed by atoms with Crippen molar-refractivity contribution in [3.8, 4) is 0 Å². The summed E-state index contributed by atoms with van der Waals surface area (Å²) in [5, 5.41) is 2.96. The van der Waals surface area contributed by atoms with E-state index in [1.54, 1.807) is 7.11 Å². The van der Waals surface area contributed by atoms with Gasteiger partial charge in [0.15, 0.2) is 0 Å². The van der Waals surface area contributed by atoms with Crippen molar-refractivity contribution in [3.05, 3.63) is 0 Å². The lowest BCUT2D eigenvalue weighted by atomic mass is 9.93. The fraction of sp³-hybridized carbons (Fsp3) is 0.957. The van der Waals surface area contributed by atoms with Gasteiger partial charge in [-0.2, -0.15) is 0 Å². The first-order chi connectivity index (χ1) is 12.6. The largest absolute Gasteiger partial charge is 0.385 e. The third-order valence-corrected chi connectivity index (χ3v) is 5.39. The van der Waals surface area contributed by atoms with Gasteiger partial charge >= 0.3 is 0 Å². The van der Waals surface area contributed by atoms with Crippen LogP contribution in [0.25, 0.3) is 0 Å². The van der Waals surface area contributed by atoms with E-state index in [9.17, 15) is 4.79 Å². The molecule has 0 aliphatic carbocycles. The maximum atomic E-state index is 11.6. The first-order valence-electron chi connectivity index (χ1n) is 11.4. The lowest BCUT2D eigenvalue weighted by Gasteiger charge is -2.13. The van der Waals surface area contributed by atoms with Crippen molar-refractivity contribution in [2.75, 3.05) is 20.3 Å². The van der Waals surface area contributed by atoms with E-state index in [1.807, 2.05) is 0 Å². The number of carbonyl (C=O) groups excluding carboxylic acids is 1. The molecule has 26 heavy (non-hydrogen) atoms. The van der Waals surface area contributed by atoms with Crippen molar-refractivity contribution in [2.24, 2.45) is 11.8 Å². The van der Waals surface area contributed by atoms with Crippen LogP contribution in [-0.4, -0.2) is 26.2 Å². The SMILES string of the molecule is CCCCC(C)CCCCC(C)CCCCCCC(=O)NCCCOC. The summed E-state index contributed by atoms with van der Waals surface area (Å²) >= 11 is 0. The molecule has 0 fully saturated rings. The van der Waals surface area contributed by atoms with Crippen LogP contribution in [0.2, 0.25) is 0 Å². The minimum atomic E-state index is 0.197. The van der Waals surface area contributed by atoms with Gasteiger partial charge in [-0.15, -0.1) is 0 Å². The van der Waals surface area contributed by atoms with Crippen LogP contribution in [0, 0.1) is 11.8 Å². The van der Waals surface area contributed by atoms with Crippen molar-refractivity contribution < 1.29 is 9.53 Å². The van der Waals surface area contributed by atoms with E-state index in [2.05, 4.69) is 26.1 Å². The molecular formula is C23H47NO2. The normalized spacial score (nSPS) is 13.5. The van der Waals surface area contributed by atoms with E-state index in [1.165, 1.54) is 70.6 Å². The van der Waals surface area contributed by atoms with Crippen LogP contribution in [-0.2, 0) is 9.53 Å². The summed E-state index contributed by atoms with van der Waals surface area (Å²) in [6.07, 6.45) is 17.5. The molecule has 2 atom stereocenters. The van der Waals surface area contributed by atoms with Gasteiger partial charge in [-0.3, -0.25) is 4.79 Å². The number of carbonyl (C=O) groups is 1. The molecule has 0 rings (SSSR count). The molecule has 0 aliphatic rings. The molecule has 0 spiro atoms. The smallest absolute Gasteiger partial charge is 0.219 e. The minimum Gasteiger partial charge on any atom is -0.385 e. The number of rotatable bonds is 19. The summed E-state index contributed by atoms with van der Waals surface area (Å²) in [4.78, 5) is 11.6. The maximum absolute atomic E-state index is 11.6. The zero-order valence-electron chi connectivity index (χ0n) is 18.3. The molecule has 156 valence electrons. The van der Waals surface area contributed by atoms with Crippen LogP contribution >= 0.6 is 0 Å². The third kappa shape index (κ3) is 18.2. The Labute approximate surface area is 164 Å². The van der Waals surface area contributed by atoms with Crippen LogP contribution < -0.4 is 5.32 Å². The number of nitrogens with one attached hydrogen (secondary N) is 1. The summed E-state index contributed by atoms with van der Waals surface area (Å²) in [5.41, 5.74) is 0. The zero-order chi connectivity index (χ0) is 19.5. The molecule has 0 aromatic heterocycles.